The molecule has 1 heterocycles. The van der Waals surface area contributed by atoms with Gasteiger partial charge in [0.1, 0.15) is 5.82 Å². The molecule has 3 rings (SSSR count). The van der Waals surface area contributed by atoms with Gasteiger partial charge >= 0.3 is 0 Å². The maximum atomic E-state index is 13.7. The van der Waals surface area contributed by atoms with E-state index in [-0.39, 0.29) is 27.5 Å². The van der Waals surface area contributed by atoms with Crippen LogP contribution in [-0.4, -0.2) is 37.6 Å². The van der Waals surface area contributed by atoms with Crippen molar-refractivity contribution in [2.45, 2.75) is 24.2 Å². The van der Waals surface area contributed by atoms with E-state index in [0.29, 0.717) is 13.1 Å². The van der Waals surface area contributed by atoms with Crippen molar-refractivity contribution in [2.24, 2.45) is 0 Å². The second-order valence-electron chi connectivity index (χ2n) is 6.52. The van der Waals surface area contributed by atoms with Crippen LogP contribution in [0.2, 0.25) is 5.02 Å². The lowest BCUT2D eigenvalue weighted by Gasteiger charge is -2.16. The molecule has 29 heavy (non-hydrogen) atoms. The van der Waals surface area contributed by atoms with Crippen LogP contribution in [0.25, 0.3) is 0 Å². The average molecular weight is 440 g/mol. The zero-order valence-corrected chi connectivity index (χ0v) is 16.9. The Morgan fingerprint density at radius 2 is 1.76 bits per heavy atom. The Morgan fingerprint density at radius 3 is 2.45 bits per heavy atom. The van der Waals surface area contributed by atoms with Gasteiger partial charge in [-0.2, -0.15) is 4.31 Å². The summed E-state index contributed by atoms with van der Waals surface area (Å²) < 4.78 is 40.4. The molecule has 0 aromatic heterocycles. The molecule has 2 N–H and O–H groups in total. The standard InChI is InChI=1S/C19H19ClFN3O4S/c20-16-7-4-8-17(21)15(16)12-18(25)22-23-19(26)13-5-3-6-14(11-13)29(27,28)24-9-1-2-10-24/h3-8,11H,1-2,9-10,12H2,(H,22,25)(H,23,26). The minimum Gasteiger partial charge on any atom is -0.273 e. The van der Waals surface area contributed by atoms with Crippen LogP contribution < -0.4 is 10.9 Å². The maximum absolute atomic E-state index is 13.7. The highest BCUT2D eigenvalue weighted by atomic mass is 35.5. The fourth-order valence-electron chi connectivity index (χ4n) is 2.98. The van der Waals surface area contributed by atoms with Crippen LogP contribution in [0.3, 0.4) is 0 Å². The van der Waals surface area contributed by atoms with Gasteiger partial charge in [0, 0.05) is 29.2 Å². The number of rotatable bonds is 5. The molecule has 154 valence electrons. The van der Waals surface area contributed by atoms with Crippen LogP contribution >= 0.6 is 11.6 Å². The number of sulfonamides is 1. The van der Waals surface area contributed by atoms with Crippen molar-refractivity contribution in [3.8, 4) is 0 Å². The molecule has 0 atom stereocenters. The lowest BCUT2D eigenvalue weighted by molar-refractivity contribution is -0.121. The van der Waals surface area contributed by atoms with Gasteiger partial charge in [-0.3, -0.25) is 20.4 Å². The molecule has 1 aliphatic rings. The van der Waals surface area contributed by atoms with Crippen LogP contribution in [0.5, 0.6) is 0 Å². The van der Waals surface area contributed by atoms with Gasteiger partial charge in [-0.25, -0.2) is 12.8 Å². The van der Waals surface area contributed by atoms with E-state index >= 15 is 0 Å². The molecule has 2 aromatic rings. The second kappa shape index (κ2) is 8.89. The Morgan fingerprint density at radius 1 is 1.07 bits per heavy atom. The Labute approximate surface area is 172 Å². The number of carbonyl (C=O) groups excluding carboxylic acids is 2. The summed E-state index contributed by atoms with van der Waals surface area (Å²) in [6.07, 6.45) is 1.24. The van der Waals surface area contributed by atoms with Gasteiger partial charge in [0.25, 0.3) is 5.91 Å². The fraction of sp³-hybridized carbons (Fsp3) is 0.263. The summed E-state index contributed by atoms with van der Waals surface area (Å²) in [6, 6.07) is 9.62. The van der Waals surface area contributed by atoms with E-state index in [9.17, 15) is 22.4 Å². The van der Waals surface area contributed by atoms with E-state index in [2.05, 4.69) is 10.9 Å². The first kappa shape index (κ1) is 21.2. The number of carbonyl (C=O) groups is 2. The molecule has 10 heteroatoms. The summed E-state index contributed by atoms with van der Waals surface area (Å²) >= 11 is 5.88. The van der Waals surface area contributed by atoms with Gasteiger partial charge in [0.15, 0.2) is 0 Å². The van der Waals surface area contributed by atoms with Gasteiger partial charge in [-0.05, 0) is 43.2 Å². The maximum Gasteiger partial charge on any atom is 0.269 e. The second-order valence-corrected chi connectivity index (χ2v) is 8.86. The van der Waals surface area contributed by atoms with Crippen LogP contribution in [0.1, 0.15) is 28.8 Å². The van der Waals surface area contributed by atoms with E-state index in [1.54, 1.807) is 0 Å². The van der Waals surface area contributed by atoms with Gasteiger partial charge in [0.2, 0.25) is 15.9 Å². The minimum atomic E-state index is -3.67. The highest BCUT2D eigenvalue weighted by Crippen LogP contribution is 2.22. The molecule has 0 radical (unpaired) electrons. The van der Waals surface area contributed by atoms with Gasteiger partial charge in [0.05, 0.1) is 11.3 Å². The Hall–Kier alpha value is -2.49. The average Bonchev–Trinajstić information content (AvgIpc) is 3.25. The first-order valence-electron chi connectivity index (χ1n) is 8.91. The predicted molar refractivity (Wildman–Crippen MR) is 105 cm³/mol. The van der Waals surface area contributed by atoms with Gasteiger partial charge in [-0.15, -0.1) is 0 Å². The molecule has 0 spiro atoms. The molecule has 0 saturated carbocycles. The molecule has 0 unspecified atom stereocenters. The predicted octanol–water partition coefficient (Wildman–Crippen LogP) is 2.27. The van der Waals surface area contributed by atoms with E-state index in [1.807, 2.05) is 0 Å². The summed E-state index contributed by atoms with van der Waals surface area (Å²) in [5.41, 5.74) is 4.45. The van der Waals surface area contributed by atoms with E-state index in [0.717, 1.165) is 12.8 Å². The third-order valence-electron chi connectivity index (χ3n) is 4.51. The number of hydrazine groups is 1. The van der Waals surface area contributed by atoms with Crippen molar-refractivity contribution < 1.29 is 22.4 Å². The lowest BCUT2D eigenvalue weighted by atomic mass is 10.1. The summed E-state index contributed by atoms with van der Waals surface area (Å²) in [6.45, 7) is 0.904. The first-order chi connectivity index (χ1) is 13.8. The van der Waals surface area contributed by atoms with Crippen molar-refractivity contribution in [2.75, 3.05) is 13.1 Å². The molecule has 2 amide bonds. The van der Waals surface area contributed by atoms with Crippen LogP contribution in [0.15, 0.2) is 47.4 Å². The number of benzene rings is 2. The molecular weight excluding hydrogens is 421 g/mol. The van der Waals surface area contributed by atoms with Crippen molar-refractivity contribution in [3.63, 3.8) is 0 Å². The molecule has 0 bridgehead atoms. The molecule has 0 aliphatic carbocycles. The summed E-state index contributed by atoms with van der Waals surface area (Å²) in [4.78, 5) is 24.3. The molecule has 1 saturated heterocycles. The lowest BCUT2D eigenvalue weighted by Crippen LogP contribution is -2.42. The molecule has 1 fully saturated rings. The molecule has 7 nitrogen and oxygen atoms in total. The molecule has 1 aliphatic heterocycles. The first-order valence-corrected chi connectivity index (χ1v) is 10.7. The quantitative estimate of drug-likeness (QED) is 0.698. The van der Waals surface area contributed by atoms with E-state index < -0.39 is 27.7 Å². The van der Waals surface area contributed by atoms with E-state index in [1.165, 1.54) is 46.8 Å². The zero-order chi connectivity index (χ0) is 21.0. The van der Waals surface area contributed by atoms with E-state index in [4.69, 9.17) is 11.6 Å². The van der Waals surface area contributed by atoms with Crippen LogP contribution in [-0.2, 0) is 21.2 Å². The van der Waals surface area contributed by atoms with Gasteiger partial charge in [-0.1, -0.05) is 23.7 Å². The summed E-state index contributed by atoms with van der Waals surface area (Å²) in [7, 11) is -3.67. The third-order valence-corrected chi connectivity index (χ3v) is 6.76. The Bertz CT molecular complexity index is 1020. The zero-order valence-electron chi connectivity index (χ0n) is 15.3. The summed E-state index contributed by atoms with van der Waals surface area (Å²) in [5.74, 6) is -2.00. The topological polar surface area (TPSA) is 95.6 Å². The van der Waals surface area contributed by atoms with Crippen LogP contribution in [0, 0.1) is 5.82 Å². The van der Waals surface area contributed by atoms with Crippen molar-refractivity contribution >= 4 is 33.4 Å². The number of nitrogens with one attached hydrogen (secondary N) is 2. The Balaban J connectivity index is 1.64. The fourth-order valence-corrected chi connectivity index (χ4v) is 4.77. The number of nitrogens with zero attached hydrogens (tertiary/aromatic N) is 1. The smallest absolute Gasteiger partial charge is 0.269 e. The molecule has 2 aromatic carbocycles. The number of halogens is 2. The molecular formula is C19H19ClFN3O4S. The third kappa shape index (κ3) is 4.92. The largest absolute Gasteiger partial charge is 0.273 e. The Kier molecular flexibility index (Phi) is 6.51. The van der Waals surface area contributed by atoms with Gasteiger partial charge < -0.3 is 0 Å². The summed E-state index contributed by atoms with van der Waals surface area (Å²) in [5, 5.41) is 0.103. The van der Waals surface area contributed by atoms with Crippen molar-refractivity contribution in [3.05, 3.63) is 64.4 Å². The van der Waals surface area contributed by atoms with Crippen molar-refractivity contribution in [1.82, 2.24) is 15.2 Å². The van der Waals surface area contributed by atoms with Crippen LogP contribution in [0.4, 0.5) is 4.39 Å². The highest BCUT2D eigenvalue weighted by Gasteiger charge is 2.27. The minimum absolute atomic E-state index is 0.0107. The normalized spacial score (nSPS) is 14.6. The number of hydrogen-bond donors (Lipinski definition) is 2. The number of amides is 2. The number of hydrogen-bond acceptors (Lipinski definition) is 4. The monoisotopic (exact) mass is 439 g/mol. The highest BCUT2D eigenvalue weighted by molar-refractivity contribution is 7.89. The van der Waals surface area contributed by atoms with Crippen molar-refractivity contribution in [1.29, 1.82) is 0 Å². The SMILES string of the molecule is O=C(Cc1c(F)cccc1Cl)NNC(=O)c1cccc(S(=O)(=O)N2CCCC2)c1.